The third kappa shape index (κ3) is 5.19. The highest BCUT2D eigenvalue weighted by atomic mass is 32.2. The molecule has 0 aliphatic rings. The average molecular weight is 479 g/mol. The van der Waals surface area contributed by atoms with Crippen molar-refractivity contribution in [3.8, 4) is 11.4 Å². The highest BCUT2D eigenvalue weighted by Gasteiger charge is 2.20. The summed E-state index contributed by atoms with van der Waals surface area (Å²) in [7, 11) is 0. The predicted molar refractivity (Wildman–Crippen MR) is 127 cm³/mol. The molecule has 0 atom stereocenters. The van der Waals surface area contributed by atoms with Gasteiger partial charge in [-0.2, -0.15) is 0 Å². The standard InChI is InChI=1S/C21H26N4O3S3/c1-6-14-13(5)29-10-16(14)18-23-24-21(25(18)7-2)30-11-17(26)22-19-15(9-12(4)31-19)20(27)28-8-3/h9-10H,6-8,11H2,1-5H3,(H,22,26). The van der Waals surface area contributed by atoms with Gasteiger partial charge in [-0.1, -0.05) is 18.7 Å². The quantitative estimate of drug-likeness (QED) is 0.337. The number of hydrogen-bond donors (Lipinski definition) is 1. The van der Waals surface area contributed by atoms with Crippen LogP contribution in [0.1, 0.15) is 46.4 Å². The molecule has 0 unspecified atom stereocenters. The number of nitrogens with zero attached hydrogens (tertiary/aromatic N) is 3. The smallest absolute Gasteiger partial charge is 0.341 e. The number of anilines is 1. The minimum absolute atomic E-state index is 0.167. The van der Waals surface area contributed by atoms with Crippen molar-refractivity contribution in [3.05, 3.63) is 32.3 Å². The van der Waals surface area contributed by atoms with Crippen molar-refractivity contribution in [1.82, 2.24) is 14.8 Å². The van der Waals surface area contributed by atoms with Crippen LogP contribution in [-0.2, 0) is 22.5 Å². The number of carbonyl (C=O) groups is 2. The van der Waals surface area contributed by atoms with Crippen molar-refractivity contribution < 1.29 is 14.3 Å². The van der Waals surface area contributed by atoms with Crippen molar-refractivity contribution in [2.75, 3.05) is 17.7 Å². The summed E-state index contributed by atoms with van der Waals surface area (Å²) in [5.41, 5.74) is 2.80. The zero-order chi connectivity index (χ0) is 22.5. The van der Waals surface area contributed by atoms with E-state index in [9.17, 15) is 9.59 Å². The van der Waals surface area contributed by atoms with Crippen LogP contribution in [0.4, 0.5) is 5.00 Å². The molecule has 3 aromatic rings. The zero-order valence-corrected chi connectivity index (χ0v) is 20.7. The van der Waals surface area contributed by atoms with Gasteiger partial charge in [-0.3, -0.25) is 4.79 Å². The van der Waals surface area contributed by atoms with E-state index in [0.717, 1.165) is 22.7 Å². The molecule has 0 fully saturated rings. The van der Waals surface area contributed by atoms with Crippen LogP contribution < -0.4 is 5.32 Å². The first-order chi connectivity index (χ1) is 14.9. The van der Waals surface area contributed by atoms with Gasteiger partial charge in [0.05, 0.1) is 17.9 Å². The second kappa shape index (κ2) is 10.4. The van der Waals surface area contributed by atoms with Crippen molar-refractivity contribution in [2.24, 2.45) is 0 Å². The van der Waals surface area contributed by atoms with E-state index in [4.69, 9.17) is 4.74 Å². The fraction of sp³-hybridized carbons (Fsp3) is 0.429. The van der Waals surface area contributed by atoms with Gasteiger partial charge < -0.3 is 14.6 Å². The average Bonchev–Trinajstić information content (AvgIpc) is 3.42. The Morgan fingerprint density at radius 2 is 2.00 bits per heavy atom. The number of thioether (sulfide) groups is 1. The molecule has 31 heavy (non-hydrogen) atoms. The van der Waals surface area contributed by atoms with Gasteiger partial charge in [0, 0.05) is 27.2 Å². The highest BCUT2D eigenvalue weighted by molar-refractivity contribution is 7.99. The van der Waals surface area contributed by atoms with Crippen LogP contribution in [0, 0.1) is 13.8 Å². The minimum Gasteiger partial charge on any atom is -0.462 e. The SMILES string of the molecule is CCOC(=O)c1cc(C)sc1NC(=O)CSc1nnc(-c2csc(C)c2CC)n1CC. The lowest BCUT2D eigenvalue weighted by atomic mass is 10.1. The van der Waals surface area contributed by atoms with Crippen molar-refractivity contribution in [1.29, 1.82) is 0 Å². The third-order valence-corrected chi connectivity index (χ3v) is 7.55. The number of aromatic nitrogens is 3. The molecule has 0 radical (unpaired) electrons. The molecule has 0 aliphatic carbocycles. The van der Waals surface area contributed by atoms with Gasteiger partial charge in [0.2, 0.25) is 5.91 Å². The fourth-order valence-corrected chi connectivity index (χ4v) is 5.90. The zero-order valence-electron chi connectivity index (χ0n) is 18.3. The molecule has 7 nitrogen and oxygen atoms in total. The van der Waals surface area contributed by atoms with Gasteiger partial charge in [0.15, 0.2) is 11.0 Å². The van der Waals surface area contributed by atoms with Gasteiger partial charge in [0.25, 0.3) is 0 Å². The second-order valence-corrected chi connectivity index (χ2v) is 10.0. The minimum atomic E-state index is -0.428. The van der Waals surface area contributed by atoms with Crippen LogP contribution in [0.3, 0.4) is 0 Å². The maximum atomic E-state index is 12.6. The maximum absolute atomic E-state index is 12.6. The highest BCUT2D eigenvalue weighted by Crippen LogP contribution is 2.33. The molecule has 0 saturated heterocycles. The van der Waals surface area contributed by atoms with Crippen LogP contribution in [0.15, 0.2) is 16.6 Å². The first-order valence-electron chi connectivity index (χ1n) is 10.1. The molecule has 166 valence electrons. The van der Waals surface area contributed by atoms with Gasteiger partial charge in [-0.05, 0) is 45.7 Å². The Hall–Kier alpha value is -2.17. The van der Waals surface area contributed by atoms with E-state index < -0.39 is 5.97 Å². The molecule has 3 rings (SSSR count). The largest absolute Gasteiger partial charge is 0.462 e. The summed E-state index contributed by atoms with van der Waals surface area (Å²) in [6.45, 7) is 10.9. The third-order valence-electron chi connectivity index (χ3n) is 4.67. The van der Waals surface area contributed by atoms with E-state index in [1.54, 1.807) is 24.3 Å². The van der Waals surface area contributed by atoms with Crippen molar-refractivity contribution in [3.63, 3.8) is 0 Å². The van der Waals surface area contributed by atoms with Crippen LogP contribution in [0.5, 0.6) is 0 Å². The van der Waals surface area contributed by atoms with Crippen molar-refractivity contribution in [2.45, 2.75) is 52.7 Å². The Kier molecular flexibility index (Phi) is 7.90. The van der Waals surface area contributed by atoms with Gasteiger partial charge in [0.1, 0.15) is 5.00 Å². The summed E-state index contributed by atoms with van der Waals surface area (Å²) in [6, 6.07) is 1.74. The van der Waals surface area contributed by atoms with Gasteiger partial charge in [-0.25, -0.2) is 4.79 Å². The molecular formula is C21H26N4O3S3. The molecule has 0 aliphatic heterocycles. The van der Waals surface area contributed by atoms with Crippen molar-refractivity contribution >= 4 is 51.3 Å². The molecule has 3 heterocycles. The lowest BCUT2D eigenvalue weighted by molar-refractivity contribution is -0.113. The number of amides is 1. The summed E-state index contributed by atoms with van der Waals surface area (Å²) in [5.74, 6) is 0.374. The van der Waals surface area contributed by atoms with Gasteiger partial charge in [-0.15, -0.1) is 32.9 Å². The summed E-state index contributed by atoms with van der Waals surface area (Å²) < 4.78 is 7.12. The molecule has 1 N–H and O–H groups in total. The number of esters is 1. The number of thiophene rings is 2. The van der Waals surface area contributed by atoms with Crippen LogP contribution >= 0.6 is 34.4 Å². The first-order valence-corrected chi connectivity index (χ1v) is 12.8. The second-order valence-electron chi connectivity index (χ2n) is 6.75. The molecule has 0 spiro atoms. The van der Waals surface area contributed by atoms with E-state index >= 15 is 0 Å². The Morgan fingerprint density at radius 3 is 2.68 bits per heavy atom. The van der Waals surface area contributed by atoms with E-state index in [0.29, 0.717) is 22.3 Å². The van der Waals surface area contributed by atoms with E-state index in [2.05, 4.69) is 34.7 Å². The molecule has 0 bridgehead atoms. The fourth-order valence-electron chi connectivity index (χ4n) is 3.25. The number of aryl methyl sites for hydroxylation is 2. The Labute approximate surface area is 194 Å². The van der Waals surface area contributed by atoms with E-state index in [1.807, 2.05) is 18.4 Å². The lowest BCUT2D eigenvalue weighted by Gasteiger charge is -2.08. The van der Waals surface area contributed by atoms with Gasteiger partial charge >= 0.3 is 5.97 Å². The monoisotopic (exact) mass is 478 g/mol. The topological polar surface area (TPSA) is 86.1 Å². The predicted octanol–water partition coefficient (Wildman–Crippen LogP) is 5.17. The maximum Gasteiger partial charge on any atom is 0.341 e. The van der Waals surface area contributed by atoms with Crippen LogP contribution in [0.25, 0.3) is 11.4 Å². The summed E-state index contributed by atoms with van der Waals surface area (Å²) in [4.78, 5) is 26.9. The number of hydrogen-bond acceptors (Lipinski definition) is 8. The molecule has 0 aromatic carbocycles. The molecule has 3 aromatic heterocycles. The van der Waals surface area contributed by atoms with Crippen LogP contribution in [0.2, 0.25) is 0 Å². The Morgan fingerprint density at radius 1 is 1.23 bits per heavy atom. The number of nitrogens with one attached hydrogen (secondary N) is 1. The number of carbonyl (C=O) groups excluding carboxylic acids is 2. The molecule has 10 heteroatoms. The lowest BCUT2D eigenvalue weighted by Crippen LogP contribution is -2.16. The Balaban J connectivity index is 1.72. The molecule has 0 saturated carbocycles. The van der Waals surface area contributed by atoms with E-state index in [1.165, 1.54) is 33.5 Å². The molecular weight excluding hydrogens is 452 g/mol. The first kappa shape index (κ1) is 23.5. The number of rotatable bonds is 9. The number of ether oxygens (including phenoxy) is 1. The summed E-state index contributed by atoms with van der Waals surface area (Å²) in [6.07, 6.45) is 0.940. The van der Waals surface area contributed by atoms with E-state index in [-0.39, 0.29) is 18.3 Å². The summed E-state index contributed by atoms with van der Waals surface area (Å²) >= 11 is 4.41. The summed E-state index contributed by atoms with van der Waals surface area (Å²) in [5, 5.41) is 14.9. The van der Waals surface area contributed by atoms with Crippen LogP contribution in [-0.4, -0.2) is 39.0 Å². The normalized spacial score (nSPS) is 11.0. The Bertz CT molecular complexity index is 1080. The molecule has 1 amide bonds.